The number of amides is 1. The lowest BCUT2D eigenvalue weighted by molar-refractivity contribution is -0.125. The van der Waals surface area contributed by atoms with Crippen molar-refractivity contribution in [3.8, 4) is 11.4 Å². The van der Waals surface area contributed by atoms with E-state index in [1.807, 2.05) is 24.3 Å². The van der Waals surface area contributed by atoms with Crippen LogP contribution < -0.4 is 11.2 Å². The molecule has 1 amide bonds. The maximum atomic E-state index is 11.2. The number of benzene rings is 1. The number of rotatable bonds is 5. The predicted molar refractivity (Wildman–Crippen MR) is 69.8 cm³/mol. The van der Waals surface area contributed by atoms with Crippen LogP contribution in [-0.4, -0.2) is 32.9 Å². The van der Waals surface area contributed by atoms with Gasteiger partial charge in [-0.05, 0) is 12.5 Å². The maximum Gasteiger partial charge on any atom is 0.248 e. The van der Waals surface area contributed by atoms with Crippen molar-refractivity contribution in [2.24, 2.45) is 5.90 Å². The van der Waals surface area contributed by atoms with E-state index in [1.54, 1.807) is 6.92 Å². The van der Waals surface area contributed by atoms with Crippen molar-refractivity contribution in [3.05, 3.63) is 35.7 Å². The molecule has 104 valence electrons. The molecule has 0 unspecified atom stereocenters. The highest BCUT2D eigenvalue weighted by Crippen LogP contribution is 2.13. The molecule has 20 heavy (non-hydrogen) atoms. The highest BCUT2D eigenvalue weighted by Gasteiger charge is 2.04. The van der Waals surface area contributed by atoms with E-state index in [4.69, 9.17) is 5.90 Å². The molecule has 0 spiro atoms. The van der Waals surface area contributed by atoms with E-state index in [9.17, 15) is 4.79 Å². The van der Waals surface area contributed by atoms with Crippen LogP contribution in [0.25, 0.3) is 11.4 Å². The van der Waals surface area contributed by atoms with Gasteiger partial charge in [0.05, 0.1) is 0 Å². The van der Waals surface area contributed by atoms with E-state index in [-0.39, 0.29) is 12.5 Å². The molecule has 0 aliphatic rings. The standard InChI is InChI=1S/C12H14N6O2/c1-8-15-17-12(18-16-8)10-4-2-9(3-5-10)6-14-11(19)7-20-13/h2-5H,6-7,13H2,1H3,(H,14,19). The number of hydrogen-bond acceptors (Lipinski definition) is 7. The summed E-state index contributed by atoms with van der Waals surface area (Å²) in [5.41, 5.74) is 1.75. The van der Waals surface area contributed by atoms with Crippen molar-refractivity contribution >= 4 is 5.91 Å². The van der Waals surface area contributed by atoms with Crippen LogP contribution in [0.2, 0.25) is 0 Å². The van der Waals surface area contributed by atoms with Gasteiger partial charge in [-0.25, -0.2) is 5.90 Å². The Hall–Kier alpha value is -2.45. The summed E-state index contributed by atoms with van der Waals surface area (Å²) in [6.45, 7) is 1.96. The summed E-state index contributed by atoms with van der Waals surface area (Å²) in [6, 6.07) is 7.41. The lowest BCUT2D eigenvalue weighted by Gasteiger charge is -2.05. The average molecular weight is 274 g/mol. The SMILES string of the molecule is Cc1nnc(-c2ccc(CNC(=O)CON)cc2)nn1. The summed E-state index contributed by atoms with van der Waals surface area (Å²) >= 11 is 0. The third-order valence-corrected chi connectivity index (χ3v) is 2.50. The molecule has 2 rings (SSSR count). The van der Waals surface area contributed by atoms with Crippen LogP contribution in [0.5, 0.6) is 0 Å². The molecule has 0 bridgehead atoms. The van der Waals surface area contributed by atoms with Gasteiger partial charge in [-0.1, -0.05) is 24.3 Å². The molecule has 0 saturated heterocycles. The zero-order chi connectivity index (χ0) is 14.4. The van der Waals surface area contributed by atoms with Gasteiger partial charge in [-0.15, -0.1) is 20.4 Å². The van der Waals surface area contributed by atoms with Crippen molar-refractivity contribution in [2.45, 2.75) is 13.5 Å². The van der Waals surface area contributed by atoms with Crippen LogP contribution in [0.15, 0.2) is 24.3 Å². The van der Waals surface area contributed by atoms with Crippen molar-refractivity contribution in [1.29, 1.82) is 0 Å². The molecule has 0 aliphatic heterocycles. The van der Waals surface area contributed by atoms with Gasteiger partial charge in [-0.3, -0.25) is 9.63 Å². The minimum atomic E-state index is -0.271. The molecule has 0 radical (unpaired) electrons. The predicted octanol–water partition coefficient (Wildman–Crippen LogP) is -0.251. The average Bonchev–Trinajstić information content (AvgIpc) is 2.47. The van der Waals surface area contributed by atoms with Gasteiger partial charge in [0.25, 0.3) is 0 Å². The van der Waals surface area contributed by atoms with Gasteiger partial charge in [0.15, 0.2) is 5.82 Å². The van der Waals surface area contributed by atoms with E-state index < -0.39 is 0 Å². The molecule has 8 heteroatoms. The minimum absolute atomic E-state index is 0.160. The van der Waals surface area contributed by atoms with E-state index in [1.165, 1.54) is 0 Å². The molecule has 2 aromatic rings. The number of nitrogens with one attached hydrogen (secondary N) is 1. The molecule has 0 aliphatic carbocycles. The molecule has 3 N–H and O–H groups in total. The molecule has 8 nitrogen and oxygen atoms in total. The molecule has 1 aromatic carbocycles. The Kier molecular flexibility index (Phi) is 4.64. The largest absolute Gasteiger partial charge is 0.350 e. The smallest absolute Gasteiger partial charge is 0.248 e. The third-order valence-electron chi connectivity index (χ3n) is 2.50. The summed E-state index contributed by atoms with van der Waals surface area (Å²) in [5, 5.41) is 18.3. The van der Waals surface area contributed by atoms with Crippen LogP contribution in [-0.2, 0) is 16.2 Å². The topological polar surface area (TPSA) is 116 Å². The van der Waals surface area contributed by atoms with Crippen LogP contribution >= 0.6 is 0 Å². The summed E-state index contributed by atoms with van der Waals surface area (Å²) in [5.74, 6) is 5.52. The van der Waals surface area contributed by atoms with Crippen molar-refractivity contribution < 1.29 is 9.63 Å². The van der Waals surface area contributed by atoms with Crippen molar-refractivity contribution in [1.82, 2.24) is 25.7 Å². The van der Waals surface area contributed by atoms with E-state index in [0.717, 1.165) is 11.1 Å². The number of hydrogen-bond donors (Lipinski definition) is 2. The first-order valence-corrected chi connectivity index (χ1v) is 5.90. The molecule has 0 saturated carbocycles. The highest BCUT2D eigenvalue weighted by atomic mass is 16.6. The molecule has 0 fully saturated rings. The molecule has 1 heterocycles. The number of nitrogens with zero attached hydrogens (tertiary/aromatic N) is 4. The summed E-state index contributed by atoms with van der Waals surface area (Å²) in [6.07, 6.45) is 0. The number of nitrogens with two attached hydrogens (primary N) is 1. The Balaban J connectivity index is 1.99. The second-order valence-electron chi connectivity index (χ2n) is 4.06. The second kappa shape index (κ2) is 6.64. The van der Waals surface area contributed by atoms with Crippen molar-refractivity contribution in [2.75, 3.05) is 6.61 Å². The first-order valence-electron chi connectivity index (χ1n) is 5.90. The first-order chi connectivity index (χ1) is 9.69. The van der Waals surface area contributed by atoms with Crippen LogP contribution in [0.4, 0.5) is 0 Å². The monoisotopic (exact) mass is 274 g/mol. The normalized spacial score (nSPS) is 10.3. The Morgan fingerprint density at radius 2 is 1.85 bits per heavy atom. The molecule has 1 aromatic heterocycles. The van der Waals surface area contributed by atoms with Crippen LogP contribution in [0.1, 0.15) is 11.4 Å². The van der Waals surface area contributed by atoms with E-state index in [2.05, 4.69) is 30.5 Å². The zero-order valence-electron chi connectivity index (χ0n) is 10.9. The Morgan fingerprint density at radius 1 is 1.20 bits per heavy atom. The highest BCUT2D eigenvalue weighted by molar-refractivity contribution is 5.77. The van der Waals surface area contributed by atoms with Gasteiger partial charge in [0.1, 0.15) is 6.61 Å². The number of aromatic nitrogens is 4. The fourth-order valence-corrected chi connectivity index (χ4v) is 1.49. The number of carbonyl (C=O) groups is 1. The van der Waals surface area contributed by atoms with Gasteiger partial charge < -0.3 is 5.32 Å². The Morgan fingerprint density at radius 3 is 2.45 bits per heavy atom. The summed E-state index contributed by atoms with van der Waals surface area (Å²) in [4.78, 5) is 15.4. The Bertz CT molecular complexity index is 570. The lowest BCUT2D eigenvalue weighted by atomic mass is 10.1. The first kappa shape index (κ1) is 14.0. The van der Waals surface area contributed by atoms with E-state index >= 15 is 0 Å². The van der Waals surface area contributed by atoms with Crippen LogP contribution in [0.3, 0.4) is 0 Å². The van der Waals surface area contributed by atoms with Gasteiger partial charge >= 0.3 is 0 Å². The number of aryl methyl sites for hydroxylation is 1. The zero-order valence-corrected chi connectivity index (χ0v) is 10.9. The molecule has 0 atom stereocenters. The van der Waals surface area contributed by atoms with E-state index in [0.29, 0.717) is 18.2 Å². The number of carbonyl (C=O) groups excluding carboxylic acids is 1. The fourth-order valence-electron chi connectivity index (χ4n) is 1.49. The summed E-state index contributed by atoms with van der Waals surface area (Å²) < 4.78 is 0. The maximum absolute atomic E-state index is 11.2. The van der Waals surface area contributed by atoms with Crippen molar-refractivity contribution in [3.63, 3.8) is 0 Å². The minimum Gasteiger partial charge on any atom is -0.350 e. The summed E-state index contributed by atoms with van der Waals surface area (Å²) in [7, 11) is 0. The molecular weight excluding hydrogens is 260 g/mol. The quantitative estimate of drug-likeness (QED) is 0.722. The Labute approximate surface area is 115 Å². The van der Waals surface area contributed by atoms with Gasteiger partial charge in [0.2, 0.25) is 11.7 Å². The second-order valence-corrected chi connectivity index (χ2v) is 4.06. The molecular formula is C12H14N6O2. The van der Waals surface area contributed by atoms with Gasteiger partial charge in [0, 0.05) is 12.1 Å². The van der Waals surface area contributed by atoms with Crippen LogP contribution in [0, 0.1) is 6.92 Å². The van der Waals surface area contributed by atoms with Gasteiger partial charge in [-0.2, -0.15) is 0 Å². The third kappa shape index (κ3) is 3.77. The lowest BCUT2D eigenvalue weighted by Crippen LogP contribution is -2.28. The fraction of sp³-hybridized carbons (Fsp3) is 0.250.